The van der Waals surface area contributed by atoms with Gasteiger partial charge < -0.3 is 18.6 Å². The molecule has 0 N–H and O–H groups in total. The number of fused-ring (bicyclic) bond motifs is 10. The summed E-state index contributed by atoms with van der Waals surface area (Å²) in [5.41, 5.74) is 0.570. The third-order valence-electron chi connectivity index (χ3n) is 11.9. The van der Waals surface area contributed by atoms with E-state index in [9.17, 15) is 0 Å². The van der Waals surface area contributed by atoms with Crippen LogP contribution >= 0.6 is 0 Å². The first kappa shape index (κ1) is 23.5. The molecule has 6 fully saturated rings. The Bertz CT molecular complexity index is 819. The third-order valence-corrected chi connectivity index (χ3v) is 16.4. The van der Waals surface area contributed by atoms with Gasteiger partial charge in [0.25, 0.3) is 0 Å². The van der Waals surface area contributed by atoms with Gasteiger partial charge in [0, 0.05) is 5.92 Å². The van der Waals surface area contributed by atoms with Crippen LogP contribution in [0, 0.1) is 34.5 Å². The lowest BCUT2D eigenvalue weighted by Crippen LogP contribution is -2.64. The smallest absolute Gasteiger partial charge is 0.192 e. The van der Waals surface area contributed by atoms with E-state index >= 15 is 0 Å². The standard InChI is InChI=1S/C28H48O4Si/c1-25(2,3)33(8,9)32-19-11-10-16-20-17(12-14-27(16,19)6)28(7)15-13-18-22(29-18)21(28)24-23(20)30-26(4,5)31-24/h16-24H,10-15H2,1-9H3/t16?,17?,18-,19-,20?,21?,22?,23+,24+,27-,28+/m0/s1. The average molecular weight is 477 g/mol. The van der Waals surface area contributed by atoms with Gasteiger partial charge in [0.15, 0.2) is 14.1 Å². The number of epoxide rings is 1. The second-order valence-electron chi connectivity index (χ2n) is 15.1. The first-order valence-corrected chi connectivity index (χ1v) is 16.8. The molecule has 5 heteroatoms. The topological polar surface area (TPSA) is 40.2 Å². The van der Waals surface area contributed by atoms with Crippen LogP contribution in [0.15, 0.2) is 0 Å². The molecule has 5 unspecified atom stereocenters. The molecule has 0 aromatic heterocycles. The molecule has 6 rings (SSSR count). The zero-order valence-electron chi connectivity index (χ0n) is 22.6. The van der Waals surface area contributed by atoms with Gasteiger partial charge in [0.05, 0.1) is 30.5 Å². The molecule has 4 saturated carbocycles. The molecular weight excluding hydrogens is 428 g/mol. The second-order valence-corrected chi connectivity index (χ2v) is 19.8. The van der Waals surface area contributed by atoms with Crippen molar-refractivity contribution in [3.05, 3.63) is 0 Å². The fourth-order valence-corrected chi connectivity index (χ4v) is 10.6. The Labute approximate surface area is 203 Å². The van der Waals surface area contributed by atoms with Crippen molar-refractivity contribution in [3.8, 4) is 0 Å². The summed E-state index contributed by atoms with van der Waals surface area (Å²) in [7, 11) is -1.81. The lowest BCUT2D eigenvalue weighted by molar-refractivity contribution is -0.180. The molecule has 188 valence electrons. The predicted octanol–water partition coefficient (Wildman–Crippen LogP) is 6.54. The zero-order valence-corrected chi connectivity index (χ0v) is 23.6. The van der Waals surface area contributed by atoms with Gasteiger partial charge in [0.2, 0.25) is 0 Å². The van der Waals surface area contributed by atoms with Gasteiger partial charge in [-0.1, -0.05) is 34.6 Å². The van der Waals surface area contributed by atoms with Gasteiger partial charge in [-0.2, -0.15) is 0 Å². The van der Waals surface area contributed by atoms with Gasteiger partial charge in [-0.15, -0.1) is 0 Å². The van der Waals surface area contributed by atoms with Crippen molar-refractivity contribution in [2.75, 3.05) is 0 Å². The first-order valence-electron chi connectivity index (χ1n) is 13.9. The van der Waals surface area contributed by atoms with Crippen molar-refractivity contribution in [2.45, 2.75) is 141 Å². The highest BCUT2D eigenvalue weighted by Crippen LogP contribution is 2.70. The van der Waals surface area contributed by atoms with Crippen LogP contribution in [0.5, 0.6) is 0 Å². The summed E-state index contributed by atoms with van der Waals surface area (Å²) >= 11 is 0. The Morgan fingerprint density at radius 3 is 2.12 bits per heavy atom. The summed E-state index contributed by atoms with van der Waals surface area (Å²) in [6.45, 7) is 21.4. The maximum atomic E-state index is 7.17. The highest BCUT2D eigenvalue weighted by molar-refractivity contribution is 6.74. The minimum absolute atomic E-state index is 0.184. The van der Waals surface area contributed by atoms with E-state index in [1.54, 1.807) is 0 Å². The van der Waals surface area contributed by atoms with E-state index in [1.807, 2.05) is 0 Å². The van der Waals surface area contributed by atoms with Gasteiger partial charge in [0.1, 0.15) is 0 Å². The lowest BCUT2D eigenvalue weighted by atomic mass is 9.44. The summed E-state index contributed by atoms with van der Waals surface area (Å²) in [6.07, 6.45) is 9.32. The number of hydrogen-bond donors (Lipinski definition) is 0. The normalized spacial score (nSPS) is 54.6. The van der Waals surface area contributed by atoms with Crippen LogP contribution in [-0.2, 0) is 18.6 Å². The minimum Gasteiger partial charge on any atom is -0.413 e. The van der Waals surface area contributed by atoms with Crippen molar-refractivity contribution in [2.24, 2.45) is 34.5 Å². The van der Waals surface area contributed by atoms with E-state index in [-0.39, 0.29) is 22.7 Å². The Morgan fingerprint density at radius 2 is 1.42 bits per heavy atom. The van der Waals surface area contributed by atoms with E-state index in [4.69, 9.17) is 18.6 Å². The molecule has 4 nitrogen and oxygen atoms in total. The molecule has 4 aliphatic carbocycles. The summed E-state index contributed by atoms with van der Waals surface area (Å²) in [4.78, 5) is 0. The molecule has 0 aromatic rings. The van der Waals surface area contributed by atoms with Crippen LogP contribution in [0.1, 0.15) is 87.0 Å². The second kappa shape index (κ2) is 6.88. The largest absolute Gasteiger partial charge is 0.413 e. The maximum Gasteiger partial charge on any atom is 0.192 e. The van der Waals surface area contributed by atoms with E-state index in [0.717, 1.165) is 5.92 Å². The van der Waals surface area contributed by atoms with Crippen LogP contribution in [-0.4, -0.2) is 44.6 Å². The molecule has 0 amide bonds. The lowest BCUT2D eigenvalue weighted by Gasteiger charge is -2.62. The Kier molecular flexibility index (Phi) is 4.89. The number of rotatable bonds is 2. The van der Waals surface area contributed by atoms with Crippen LogP contribution in [0.2, 0.25) is 18.1 Å². The van der Waals surface area contributed by atoms with Gasteiger partial charge >= 0.3 is 0 Å². The van der Waals surface area contributed by atoms with E-state index < -0.39 is 14.1 Å². The molecule has 2 aliphatic heterocycles. The number of hydrogen-bond acceptors (Lipinski definition) is 4. The molecule has 0 spiro atoms. The third kappa shape index (κ3) is 3.21. The van der Waals surface area contributed by atoms with E-state index in [0.29, 0.717) is 41.5 Å². The molecule has 6 aliphatic rings. The molecule has 0 aromatic carbocycles. The monoisotopic (exact) mass is 476 g/mol. The molecule has 11 atom stereocenters. The molecule has 0 bridgehead atoms. The quantitative estimate of drug-likeness (QED) is 0.335. The SMILES string of the molecule is CC1(C)O[C@@H]2C3C(CC[C@@]4(C)C3CC[C@@H]4O[Si](C)(C)C(C)(C)C)[C@@]3(C)CC[C@@H]4OC4C3[C@H]2O1. The van der Waals surface area contributed by atoms with Gasteiger partial charge in [-0.05, 0) is 99.1 Å². The summed E-state index contributed by atoms with van der Waals surface area (Å²) in [5.74, 6) is 1.98. The maximum absolute atomic E-state index is 7.17. The summed E-state index contributed by atoms with van der Waals surface area (Å²) in [5, 5.41) is 0.255. The predicted molar refractivity (Wildman–Crippen MR) is 132 cm³/mol. The van der Waals surface area contributed by atoms with Crippen LogP contribution in [0.4, 0.5) is 0 Å². The highest BCUT2D eigenvalue weighted by atomic mass is 28.4. The highest BCUT2D eigenvalue weighted by Gasteiger charge is 2.73. The van der Waals surface area contributed by atoms with Gasteiger partial charge in [-0.25, -0.2) is 0 Å². The van der Waals surface area contributed by atoms with E-state index in [2.05, 4.69) is 61.6 Å². The fourth-order valence-electron chi connectivity index (χ4n) is 9.19. The molecule has 0 radical (unpaired) electrons. The van der Waals surface area contributed by atoms with Crippen molar-refractivity contribution < 1.29 is 18.6 Å². The molecule has 2 heterocycles. The number of ether oxygens (including phenoxy) is 3. The van der Waals surface area contributed by atoms with Crippen molar-refractivity contribution in [1.29, 1.82) is 0 Å². The first-order chi connectivity index (χ1) is 15.2. The van der Waals surface area contributed by atoms with Crippen molar-refractivity contribution >= 4 is 8.32 Å². The average Bonchev–Trinajstić information content (AvgIpc) is 3.29. The van der Waals surface area contributed by atoms with Crippen molar-refractivity contribution in [1.82, 2.24) is 0 Å². The van der Waals surface area contributed by atoms with Crippen molar-refractivity contribution in [3.63, 3.8) is 0 Å². The summed E-state index contributed by atoms with van der Waals surface area (Å²) < 4.78 is 27.0. The van der Waals surface area contributed by atoms with Crippen LogP contribution in [0.25, 0.3) is 0 Å². The zero-order chi connectivity index (χ0) is 23.8. The minimum atomic E-state index is -1.81. The Morgan fingerprint density at radius 1 is 0.788 bits per heavy atom. The molecule has 33 heavy (non-hydrogen) atoms. The fraction of sp³-hybridized carbons (Fsp3) is 1.00. The Balaban J connectivity index is 1.35. The van der Waals surface area contributed by atoms with Gasteiger partial charge in [-0.3, -0.25) is 0 Å². The van der Waals surface area contributed by atoms with Crippen LogP contribution < -0.4 is 0 Å². The van der Waals surface area contributed by atoms with Crippen LogP contribution in [0.3, 0.4) is 0 Å². The molecular formula is C28H48O4Si. The molecule has 2 saturated heterocycles. The Hall–Kier alpha value is 0.0569. The van der Waals surface area contributed by atoms with E-state index in [1.165, 1.54) is 38.5 Å². The summed E-state index contributed by atoms with van der Waals surface area (Å²) in [6, 6.07) is 0.